The van der Waals surface area contributed by atoms with Crippen LogP contribution < -0.4 is 10.6 Å². The minimum Gasteiger partial charge on any atom is -0.444 e. The number of oxazole rings is 1. The van der Waals surface area contributed by atoms with Gasteiger partial charge in [-0.15, -0.1) is 24.0 Å². The van der Waals surface area contributed by atoms with Crippen LogP contribution in [0.25, 0.3) is 11.5 Å². The van der Waals surface area contributed by atoms with E-state index in [1.807, 2.05) is 38.1 Å². The van der Waals surface area contributed by atoms with Crippen molar-refractivity contribution in [2.75, 3.05) is 7.05 Å². The van der Waals surface area contributed by atoms with Gasteiger partial charge in [-0.25, -0.2) is 4.98 Å². The lowest BCUT2D eigenvalue weighted by molar-refractivity contribution is 0.0657. The number of ether oxygens (including phenoxy) is 1. The first-order valence-electron chi connectivity index (χ1n) is 10.2. The lowest BCUT2D eigenvalue weighted by Crippen LogP contribution is -2.36. The predicted molar refractivity (Wildman–Crippen MR) is 135 cm³/mol. The number of rotatable bonds is 8. The Hall–Kier alpha value is -2.39. The summed E-state index contributed by atoms with van der Waals surface area (Å²) >= 11 is 0. The van der Waals surface area contributed by atoms with Crippen LogP contribution in [0.2, 0.25) is 0 Å². The summed E-state index contributed by atoms with van der Waals surface area (Å²) in [5.41, 5.74) is 5.35. The molecule has 2 aromatic carbocycles. The molecule has 0 aliphatic heterocycles. The molecule has 166 valence electrons. The van der Waals surface area contributed by atoms with Gasteiger partial charge >= 0.3 is 0 Å². The van der Waals surface area contributed by atoms with Gasteiger partial charge in [0.1, 0.15) is 6.26 Å². The average Bonchev–Trinajstić information content (AvgIpc) is 3.22. The molecule has 1 aromatic heterocycles. The highest BCUT2D eigenvalue weighted by Crippen LogP contribution is 2.19. The number of hydrogen-bond acceptors (Lipinski definition) is 4. The zero-order chi connectivity index (χ0) is 21.3. The van der Waals surface area contributed by atoms with Crippen molar-refractivity contribution in [3.63, 3.8) is 0 Å². The van der Waals surface area contributed by atoms with Gasteiger partial charge in [0.25, 0.3) is 0 Å². The van der Waals surface area contributed by atoms with E-state index in [0.29, 0.717) is 31.5 Å². The van der Waals surface area contributed by atoms with E-state index in [1.54, 1.807) is 13.3 Å². The Labute approximate surface area is 201 Å². The van der Waals surface area contributed by atoms with E-state index in [9.17, 15) is 0 Å². The van der Waals surface area contributed by atoms with Crippen molar-refractivity contribution < 1.29 is 9.15 Å². The summed E-state index contributed by atoms with van der Waals surface area (Å²) in [7, 11) is 1.75. The maximum absolute atomic E-state index is 5.63. The number of aliphatic imine (C=N–C) groups is 1. The van der Waals surface area contributed by atoms with Gasteiger partial charge in [0.2, 0.25) is 5.89 Å². The van der Waals surface area contributed by atoms with Crippen molar-refractivity contribution in [3.8, 4) is 11.5 Å². The van der Waals surface area contributed by atoms with Crippen molar-refractivity contribution >= 4 is 29.9 Å². The molecule has 6 nitrogen and oxygen atoms in total. The molecule has 1 heterocycles. The molecular formula is C24H31IN4O2. The summed E-state index contributed by atoms with van der Waals surface area (Å²) in [6.07, 6.45) is 1.91. The molecule has 0 aliphatic carbocycles. The van der Waals surface area contributed by atoms with Crippen molar-refractivity contribution in [1.82, 2.24) is 15.6 Å². The highest BCUT2D eigenvalue weighted by molar-refractivity contribution is 14.0. The van der Waals surface area contributed by atoms with Crippen molar-refractivity contribution in [1.29, 1.82) is 0 Å². The molecule has 0 amide bonds. The van der Waals surface area contributed by atoms with Crippen LogP contribution in [0.3, 0.4) is 0 Å². The topological polar surface area (TPSA) is 71.7 Å². The highest BCUT2D eigenvalue weighted by atomic mass is 127. The molecule has 0 aliphatic rings. The Morgan fingerprint density at radius 1 is 1.00 bits per heavy atom. The van der Waals surface area contributed by atoms with Crippen LogP contribution in [0.15, 0.2) is 64.2 Å². The number of aryl methyl sites for hydroxylation is 1. The first-order valence-corrected chi connectivity index (χ1v) is 10.2. The Kier molecular flexibility index (Phi) is 10.00. The SMILES string of the molecule is CN=C(NCc1ccc(COC(C)C)cc1)NCc1coc(-c2ccc(C)cc2)n1.I. The third kappa shape index (κ3) is 7.99. The average molecular weight is 534 g/mol. The standard InChI is InChI=1S/C24H30N4O2.HI/c1-17(2)29-15-20-9-7-19(8-10-20)13-26-24(25-4)27-14-22-16-30-23(28-22)21-11-5-18(3)6-12-21;/h5-12,16-17H,13-15H2,1-4H3,(H2,25,26,27);1H. The smallest absolute Gasteiger partial charge is 0.226 e. The van der Waals surface area contributed by atoms with Gasteiger partial charge in [-0.05, 0) is 44.0 Å². The van der Waals surface area contributed by atoms with Crippen LogP contribution in [-0.4, -0.2) is 24.1 Å². The fourth-order valence-electron chi connectivity index (χ4n) is 2.81. The van der Waals surface area contributed by atoms with Crippen LogP contribution in [-0.2, 0) is 24.4 Å². The van der Waals surface area contributed by atoms with E-state index in [-0.39, 0.29) is 30.1 Å². The van der Waals surface area contributed by atoms with Crippen LogP contribution in [0, 0.1) is 6.92 Å². The molecule has 0 fully saturated rings. The second-order valence-electron chi connectivity index (χ2n) is 7.47. The number of guanidine groups is 1. The molecule has 0 atom stereocenters. The van der Waals surface area contributed by atoms with E-state index in [4.69, 9.17) is 9.15 Å². The number of benzene rings is 2. The Morgan fingerprint density at radius 3 is 2.29 bits per heavy atom. The zero-order valence-electron chi connectivity index (χ0n) is 18.5. The van der Waals surface area contributed by atoms with Gasteiger partial charge in [0, 0.05) is 19.2 Å². The summed E-state index contributed by atoms with van der Waals surface area (Å²) in [4.78, 5) is 8.83. The zero-order valence-corrected chi connectivity index (χ0v) is 20.8. The quantitative estimate of drug-likeness (QED) is 0.240. The van der Waals surface area contributed by atoms with E-state index in [2.05, 4.69) is 51.8 Å². The van der Waals surface area contributed by atoms with Gasteiger partial charge in [0.05, 0.1) is 24.9 Å². The van der Waals surface area contributed by atoms with Crippen LogP contribution in [0.4, 0.5) is 0 Å². The number of hydrogen-bond donors (Lipinski definition) is 2. The van der Waals surface area contributed by atoms with Crippen LogP contribution in [0.5, 0.6) is 0 Å². The van der Waals surface area contributed by atoms with Gasteiger partial charge in [0.15, 0.2) is 5.96 Å². The first-order chi connectivity index (χ1) is 14.5. The maximum Gasteiger partial charge on any atom is 0.226 e. The molecule has 0 saturated carbocycles. The monoisotopic (exact) mass is 534 g/mol. The Morgan fingerprint density at radius 2 is 1.65 bits per heavy atom. The summed E-state index contributed by atoms with van der Waals surface area (Å²) < 4.78 is 11.2. The third-order valence-corrected chi connectivity index (χ3v) is 4.58. The second-order valence-corrected chi connectivity index (χ2v) is 7.47. The molecule has 3 rings (SSSR count). The largest absolute Gasteiger partial charge is 0.444 e. The molecule has 0 radical (unpaired) electrons. The molecule has 0 unspecified atom stereocenters. The van der Waals surface area contributed by atoms with Crippen LogP contribution >= 0.6 is 24.0 Å². The Bertz CT molecular complexity index is 950. The molecule has 0 saturated heterocycles. The van der Waals surface area contributed by atoms with Gasteiger partial charge < -0.3 is 19.8 Å². The lowest BCUT2D eigenvalue weighted by atomic mass is 10.1. The lowest BCUT2D eigenvalue weighted by Gasteiger charge is -2.12. The van der Waals surface area contributed by atoms with E-state index < -0.39 is 0 Å². The number of halogens is 1. The van der Waals surface area contributed by atoms with E-state index in [0.717, 1.165) is 11.3 Å². The third-order valence-electron chi connectivity index (χ3n) is 4.58. The molecule has 0 bridgehead atoms. The molecule has 7 heteroatoms. The van der Waals surface area contributed by atoms with Gasteiger partial charge in [-0.3, -0.25) is 4.99 Å². The predicted octanol–water partition coefficient (Wildman–Crippen LogP) is 5.06. The van der Waals surface area contributed by atoms with Crippen LogP contribution in [0.1, 0.15) is 36.2 Å². The highest BCUT2D eigenvalue weighted by Gasteiger charge is 2.07. The van der Waals surface area contributed by atoms with Crippen molar-refractivity contribution in [2.24, 2.45) is 4.99 Å². The fourth-order valence-corrected chi connectivity index (χ4v) is 2.81. The summed E-state index contributed by atoms with van der Waals surface area (Å²) in [6, 6.07) is 16.5. The Balaban J connectivity index is 0.00000341. The number of nitrogens with zero attached hydrogens (tertiary/aromatic N) is 2. The van der Waals surface area contributed by atoms with Crippen molar-refractivity contribution in [2.45, 2.75) is 46.6 Å². The molecule has 31 heavy (non-hydrogen) atoms. The fraction of sp³-hybridized carbons (Fsp3) is 0.333. The van der Waals surface area contributed by atoms with Gasteiger partial charge in [-0.2, -0.15) is 0 Å². The first kappa shape index (κ1) is 24.9. The summed E-state index contributed by atoms with van der Waals surface area (Å²) in [5.74, 6) is 1.33. The number of aromatic nitrogens is 1. The molecule has 2 N–H and O–H groups in total. The van der Waals surface area contributed by atoms with Gasteiger partial charge in [-0.1, -0.05) is 42.0 Å². The molecular weight excluding hydrogens is 503 g/mol. The maximum atomic E-state index is 5.63. The summed E-state index contributed by atoms with van der Waals surface area (Å²) in [6.45, 7) is 7.98. The number of nitrogens with one attached hydrogen (secondary N) is 2. The molecule has 3 aromatic rings. The van der Waals surface area contributed by atoms with E-state index >= 15 is 0 Å². The summed E-state index contributed by atoms with van der Waals surface area (Å²) in [5, 5.41) is 6.59. The normalized spacial score (nSPS) is 11.3. The van der Waals surface area contributed by atoms with E-state index in [1.165, 1.54) is 16.7 Å². The second kappa shape index (κ2) is 12.5. The minimum absolute atomic E-state index is 0. The van der Waals surface area contributed by atoms with Crippen molar-refractivity contribution in [3.05, 3.63) is 77.2 Å². The molecule has 0 spiro atoms. The minimum atomic E-state index is 0.